The molecule has 116 valence electrons. The Balaban J connectivity index is 1.76. The van der Waals surface area contributed by atoms with Crippen molar-refractivity contribution in [2.24, 2.45) is 5.92 Å². The average Bonchev–Trinajstić information content (AvgIpc) is 2.63. The number of nitrogens with one attached hydrogen (secondary N) is 1. The molecule has 2 atom stereocenters. The largest absolute Gasteiger partial charge is 0.341 e. The molecule has 2 rings (SSSR count). The van der Waals surface area contributed by atoms with Gasteiger partial charge in [-0.25, -0.2) is 8.42 Å². The Kier molecular flexibility index (Phi) is 5.43. The lowest BCUT2D eigenvalue weighted by Crippen LogP contribution is -2.46. The van der Waals surface area contributed by atoms with Crippen LogP contribution in [0.25, 0.3) is 0 Å². The molecule has 20 heavy (non-hydrogen) atoms. The van der Waals surface area contributed by atoms with Crippen LogP contribution in [-0.2, 0) is 14.6 Å². The summed E-state index contributed by atoms with van der Waals surface area (Å²) in [7, 11) is -2.82. The predicted molar refractivity (Wildman–Crippen MR) is 79.3 cm³/mol. The molecule has 2 fully saturated rings. The normalized spacial score (nSPS) is 28.1. The molecule has 5 nitrogen and oxygen atoms in total. The van der Waals surface area contributed by atoms with Crippen molar-refractivity contribution in [3.8, 4) is 0 Å². The van der Waals surface area contributed by atoms with Crippen LogP contribution in [0.15, 0.2) is 0 Å². The van der Waals surface area contributed by atoms with Gasteiger partial charge in [0.2, 0.25) is 5.91 Å². The van der Waals surface area contributed by atoms with Crippen LogP contribution in [-0.4, -0.2) is 56.4 Å². The Bertz CT molecular complexity index is 428. The smallest absolute Gasteiger partial charge is 0.239 e. The zero-order valence-corrected chi connectivity index (χ0v) is 13.1. The van der Waals surface area contributed by atoms with Gasteiger partial charge in [-0.3, -0.25) is 4.79 Å². The number of sulfone groups is 1. The van der Waals surface area contributed by atoms with Gasteiger partial charge in [-0.05, 0) is 38.6 Å². The fourth-order valence-corrected chi connectivity index (χ4v) is 4.89. The van der Waals surface area contributed by atoms with Crippen molar-refractivity contribution in [1.29, 1.82) is 0 Å². The second kappa shape index (κ2) is 6.89. The third-order valence-corrected chi connectivity index (χ3v) is 6.16. The zero-order valence-electron chi connectivity index (χ0n) is 12.3. The highest BCUT2D eigenvalue weighted by Crippen LogP contribution is 2.17. The molecule has 2 unspecified atom stereocenters. The van der Waals surface area contributed by atoms with Crippen molar-refractivity contribution < 1.29 is 13.2 Å². The van der Waals surface area contributed by atoms with Crippen LogP contribution in [0.4, 0.5) is 0 Å². The Morgan fingerprint density at radius 2 is 1.90 bits per heavy atom. The van der Waals surface area contributed by atoms with Crippen molar-refractivity contribution in [2.45, 2.75) is 45.1 Å². The third kappa shape index (κ3) is 4.45. The first-order valence-corrected chi connectivity index (χ1v) is 9.53. The van der Waals surface area contributed by atoms with E-state index < -0.39 is 9.84 Å². The maximum atomic E-state index is 12.3. The summed E-state index contributed by atoms with van der Waals surface area (Å²) in [6.45, 7) is 4.24. The van der Waals surface area contributed by atoms with Gasteiger partial charge in [0, 0.05) is 13.1 Å². The maximum Gasteiger partial charge on any atom is 0.239 e. The fourth-order valence-electron chi connectivity index (χ4n) is 3.03. The van der Waals surface area contributed by atoms with E-state index in [1.807, 2.05) is 11.8 Å². The molecular weight excluding hydrogens is 276 g/mol. The first-order valence-electron chi connectivity index (χ1n) is 7.70. The number of rotatable bonds is 4. The van der Waals surface area contributed by atoms with Gasteiger partial charge in [0.1, 0.15) is 0 Å². The summed E-state index contributed by atoms with van der Waals surface area (Å²) in [5.41, 5.74) is 0. The third-order valence-electron chi connectivity index (χ3n) is 4.33. The second-order valence-corrected chi connectivity index (χ2v) is 8.37. The second-order valence-electron chi connectivity index (χ2n) is 6.14. The molecule has 0 bridgehead atoms. The Morgan fingerprint density at radius 3 is 2.45 bits per heavy atom. The molecule has 6 heteroatoms. The minimum atomic E-state index is -2.82. The van der Waals surface area contributed by atoms with Gasteiger partial charge >= 0.3 is 0 Å². The monoisotopic (exact) mass is 302 g/mol. The van der Waals surface area contributed by atoms with Gasteiger partial charge in [-0.2, -0.15) is 0 Å². The highest BCUT2D eigenvalue weighted by atomic mass is 32.2. The van der Waals surface area contributed by atoms with Crippen LogP contribution in [0.5, 0.6) is 0 Å². The van der Waals surface area contributed by atoms with Gasteiger partial charge < -0.3 is 10.2 Å². The predicted octanol–water partition coefficient (Wildman–Crippen LogP) is 0.802. The van der Waals surface area contributed by atoms with Crippen molar-refractivity contribution >= 4 is 15.7 Å². The van der Waals surface area contributed by atoms with Crippen molar-refractivity contribution in [1.82, 2.24) is 10.2 Å². The minimum Gasteiger partial charge on any atom is -0.341 e. The number of amides is 1. The van der Waals surface area contributed by atoms with E-state index >= 15 is 0 Å². The molecule has 2 aliphatic heterocycles. The van der Waals surface area contributed by atoms with Crippen LogP contribution >= 0.6 is 0 Å². The van der Waals surface area contributed by atoms with Crippen LogP contribution < -0.4 is 5.32 Å². The number of hydrogen-bond donors (Lipinski definition) is 1. The molecule has 1 N–H and O–H groups in total. The molecule has 0 aromatic rings. The van der Waals surface area contributed by atoms with Gasteiger partial charge in [0.05, 0.1) is 17.5 Å². The quantitative estimate of drug-likeness (QED) is 0.834. The molecule has 0 aromatic heterocycles. The summed E-state index contributed by atoms with van der Waals surface area (Å²) in [5, 5.41) is 3.22. The van der Waals surface area contributed by atoms with Gasteiger partial charge in [0.25, 0.3) is 0 Å². The van der Waals surface area contributed by atoms with E-state index in [1.165, 1.54) is 12.8 Å². The number of likely N-dealkylation sites (tertiary alicyclic amines) is 1. The van der Waals surface area contributed by atoms with E-state index in [0.29, 0.717) is 12.3 Å². The number of carbonyl (C=O) groups excluding carboxylic acids is 1. The molecule has 1 amide bonds. The lowest BCUT2D eigenvalue weighted by Gasteiger charge is -2.25. The highest BCUT2D eigenvalue weighted by Gasteiger charge is 2.29. The molecule has 0 aliphatic carbocycles. The molecule has 0 saturated carbocycles. The summed E-state index contributed by atoms with van der Waals surface area (Å²) in [6, 6.07) is -0.212. The average molecular weight is 302 g/mol. The Hall–Kier alpha value is -0.620. The standard InChI is InChI=1S/C14H26N2O3S/c1-12(14(17)16-7-4-2-3-5-8-16)15-10-13-6-9-20(18,19)11-13/h12-13,15H,2-11H2,1H3. The van der Waals surface area contributed by atoms with E-state index in [2.05, 4.69) is 5.32 Å². The van der Waals surface area contributed by atoms with Crippen molar-refractivity contribution in [3.05, 3.63) is 0 Å². The number of carbonyl (C=O) groups is 1. The minimum absolute atomic E-state index is 0.160. The van der Waals surface area contributed by atoms with Gasteiger partial charge in [-0.15, -0.1) is 0 Å². The molecule has 0 spiro atoms. The SMILES string of the molecule is CC(NCC1CCS(=O)(=O)C1)C(=O)N1CCCCCC1. The first-order chi connectivity index (χ1) is 9.48. The van der Waals surface area contributed by atoms with E-state index in [4.69, 9.17) is 0 Å². The molecule has 0 aromatic carbocycles. The summed E-state index contributed by atoms with van der Waals surface area (Å²) < 4.78 is 22.8. The molecular formula is C14H26N2O3S. The van der Waals surface area contributed by atoms with Crippen LogP contribution in [0, 0.1) is 5.92 Å². The molecule has 2 saturated heterocycles. The molecule has 2 aliphatic rings. The van der Waals surface area contributed by atoms with E-state index in [9.17, 15) is 13.2 Å². The van der Waals surface area contributed by atoms with Crippen LogP contribution in [0.1, 0.15) is 39.0 Å². The maximum absolute atomic E-state index is 12.3. The summed E-state index contributed by atoms with van der Waals surface area (Å²) in [6.07, 6.45) is 5.34. The van der Waals surface area contributed by atoms with Gasteiger partial charge in [0.15, 0.2) is 9.84 Å². The van der Waals surface area contributed by atoms with Gasteiger partial charge in [-0.1, -0.05) is 12.8 Å². The van der Waals surface area contributed by atoms with Crippen LogP contribution in [0.3, 0.4) is 0 Å². The highest BCUT2D eigenvalue weighted by molar-refractivity contribution is 7.91. The first kappa shape index (κ1) is 15.8. The van der Waals surface area contributed by atoms with Crippen molar-refractivity contribution in [3.63, 3.8) is 0 Å². The Labute approximate surface area is 122 Å². The molecule has 0 radical (unpaired) electrons. The topological polar surface area (TPSA) is 66.5 Å². The lowest BCUT2D eigenvalue weighted by molar-refractivity contribution is -0.133. The van der Waals surface area contributed by atoms with E-state index in [0.717, 1.165) is 32.4 Å². The van der Waals surface area contributed by atoms with Crippen molar-refractivity contribution in [2.75, 3.05) is 31.1 Å². The number of hydrogen-bond acceptors (Lipinski definition) is 4. The van der Waals surface area contributed by atoms with E-state index in [-0.39, 0.29) is 23.6 Å². The van der Waals surface area contributed by atoms with Crippen LogP contribution in [0.2, 0.25) is 0 Å². The number of nitrogens with zero attached hydrogens (tertiary/aromatic N) is 1. The Morgan fingerprint density at radius 1 is 1.25 bits per heavy atom. The summed E-state index contributed by atoms with van der Waals surface area (Å²) >= 11 is 0. The van der Waals surface area contributed by atoms with E-state index in [1.54, 1.807) is 0 Å². The zero-order chi connectivity index (χ0) is 14.6. The molecule has 2 heterocycles. The lowest BCUT2D eigenvalue weighted by atomic mass is 10.1. The summed E-state index contributed by atoms with van der Waals surface area (Å²) in [4.78, 5) is 14.3. The fraction of sp³-hybridized carbons (Fsp3) is 0.929. The summed E-state index contributed by atoms with van der Waals surface area (Å²) in [5.74, 6) is 0.894.